The van der Waals surface area contributed by atoms with Gasteiger partial charge in [-0.1, -0.05) is 37.7 Å². The van der Waals surface area contributed by atoms with Gasteiger partial charge in [-0.2, -0.15) is 0 Å². The molecule has 1 N–H and O–H groups in total. The van der Waals surface area contributed by atoms with Gasteiger partial charge < -0.3 is 9.73 Å². The Labute approximate surface area is 160 Å². The number of thioether (sulfide) groups is 1. The molecule has 0 bridgehead atoms. The fraction of sp³-hybridized carbons (Fsp3) is 0.333. The highest BCUT2D eigenvalue weighted by atomic mass is 32.2. The Balaban J connectivity index is 1.59. The Morgan fingerprint density at radius 3 is 2.74 bits per heavy atom. The van der Waals surface area contributed by atoms with E-state index in [4.69, 9.17) is 4.42 Å². The summed E-state index contributed by atoms with van der Waals surface area (Å²) in [7, 11) is 0. The standard InChI is InChI=1S/C18H20FN5O2S/c1-12(2)17(13-5-7-14(19)8-6-13)20-16(25)11-27-18-21-22-23-24(18)10-15-4-3-9-26-15/h3-9,12,17H,10-11H2,1-2H3,(H,20,25). The monoisotopic (exact) mass is 389 g/mol. The average Bonchev–Trinajstić information content (AvgIpc) is 3.31. The molecule has 2 aromatic heterocycles. The second-order valence-corrected chi connectivity index (χ2v) is 7.27. The molecule has 1 amide bonds. The summed E-state index contributed by atoms with van der Waals surface area (Å²) in [5.74, 6) is 0.615. The molecule has 0 aliphatic carbocycles. The maximum Gasteiger partial charge on any atom is 0.230 e. The molecule has 1 aromatic carbocycles. The van der Waals surface area contributed by atoms with Crippen molar-refractivity contribution >= 4 is 17.7 Å². The summed E-state index contributed by atoms with van der Waals surface area (Å²) in [5.41, 5.74) is 0.868. The van der Waals surface area contributed by atoms with Gasteiger partial charge in [0.1, 0.15) is 18.1 Å². The van der Waals surface area contributed by atoms with E-state index in [0.717, 1.165) is 11.3 Å². The first kappa shape index (κ1) is 19.1. The topological polar surface area (TPSA) is 85.8 Å². The minimum atomic E-state index is -0.300. The molecule has 1 atom stereocenters. The van der Waals surface area contributed by atoms with Gasteiger partial charge in [0.25, 0.3) is 0 Å². The number of furan rings is 1. The predicted octanol–water partition coefficient (Wildman–Crippen LogP) is 3.06. The second-order valence-electron chi connectivity index (χ2n) is 6.33. The molecule has 0 aliphatic heterocycles. The lowest BCUT2D eigenvalue weighted by Gasteiger charge is -2.22. The van der Waals surface area contributed by atoms with Crippen molar-refractivity contribution in [2.24, 2.45) is 5.92 Å². The van der Waals surface area contributed by atoms with Crippen molar-refractivity contribution in [1.82, 2.24) is 25.5 Å². The third kappa shape index (κ3) is 5.16. The molecule has 7 nitrogen and oxygen atoms in total. The Kier molecular flexibility index (Phi) is 6.23. The number of nitrogens with one attached hydrogen (secondary N) is 1. The molecule has 142 valence electrons. The minimum Gasteiger partial charge on any atom is -0.467 e. The van der Waals surface area contributed by atoms with Crippen LogP contribution >= 0.6 is 11.8 Å². The number of aromatic nitrogens is 4. The average molecular weight is 389 g/mol. The van der Waals surface area contributed by atoms with Gasteiger partial charge in [0.2, 0.25) is 11.1 Å². The molecule has 9 heteroatoms. The van der Waals surface area contributed by atoms with Gasteiger partial charge in [0, 0.05) is 0 Å². The molecule has 0 radical (unpaired) electrons. The van der Waals surface area contributed by atoms with Crippen LogP contribution in [0.25, 0.3) is 0 Å². The zero-order valence-electron chi connectivity index (χ0n) is 15.0. The van der Waals surface area contributed by atoms with Gasteiger partial charge in [-0.25, -0.2) is 9.07 Å². The summed E-state index contributed by atoms with van der Waals surface area (Å²) >= 11 is 1.25. The quantitative estimate of drug-likeness (QED) is 0.596. The SMILES string of the molecule is CC(C)C(NC(=O)CSc1nnnn1Cc1ccco1)c1ccc(F)cc1. The molecule has 0 saturated heterocycles. The van der Waals surface area contributed by atoms with Crippen molar-refractivity contribution in [3.8, 4) is 0 Å². The van der Waals surface area contributed by atoms with E-state index in [9.17, 15) is 9.18 Å². The third-order valence-corrected chi connectivity index (χ3v) is 4.89. The molecular formula is C18H20FN5O2S. The summed E-state index contributed by atoms with van der Waals surface area (Å²) in [5, 5.41) is 15.1. The van der Waals surface area contributed by atoms with E-state index < -0.39 is 0 Å². The number of hydrogen-bond donors (Lipinski definition) is 1. The third-order valence-electron chi connectivity index (χ3n) is 3.93. The van der Waals surface area contributed by atoms with Crippen molar-refractivity contribution in [1.29, 1.82) is 0 Å². The number of rotatable bonds is 8. The lowest BCUT2D eigenvalue weighted by Crippen LogP contribution is -2.33. The highest BCUT2D eigenvalue weighted by molar-refractivity contribution is 7.99. The first-order valence-corrected chi connectivity index (χ1v) is 9.47. The van der Waals surface area contributed by atoms with Crippen LogP contribution in [0.15, 0.2) is 52.2 Å². The molecule has 1 unspecified atom stereocenters. The Bertz CT molecular complexity index is 864. The highest BCUT2D eigenvalue weighted by Crippen LogP contribution is 2.23. The Hall–Kier alpha value is -2.68. The van der Waals surface area contributed by atoms with Gasteiger partial charge >= 0.3 is 0 Å². The molecule has 0 saturated carbocycles. The van der Waals surface area contributed by atoms with Crippen molar-refractivity contribution in [3.63, 3.8) is 0 Å². The summed E-state index contributed by atoms with van der Waals surface area (Å²) in [6.07, 6.45) is 1.58. The number of hydrogen-bond acceptors (Lipinski definition) is 6. The number of tetrazole rings is 1. The van der Waals surface area contributed by atoms with Gasteiger partial charge in [-0.05, 0) is 46.2 Å². The smallest absolute Gasteiger partial charge is 0.230 e. The van der Waals surface area contributed by atoms with E-state index in [-0.39, 0.29) is 29.4 Å². The molecule has 0 fully saturated rings. The zero-order valence-corrected chi connectivity index (χ0v) is 15.8. The van der Waals surface area contributed by atoms with Crippen LogP contribution in [0.5, 0.6) is 0 Å². The van der Waals surface area contributed by atoms with Crippen LogP contribution in [0.3, 0.4) is 0 Å². The number of carbonyl (C=O) groups is 1. The van der Waals surface area contributed by atoms with Crippen molar-refractivity contribution < 1.29 is 13.6 Å². The van der Waals surface area contributed by atoms with Crippen LogP contribution in [0.1, 0.15) is 31.2 Å². The molecule has 27 heavy (non-hydrogen) atoms. The fourth-order valence-electron chi connectivity index (χ4n) is 2.60. The van der Waals surface area contributed by atoms with Crippen LogP contribution < -0.4 is 5.32 Å². The molecule has 3 rings (SSSR count). The highest BCUT2D eigenvalue weighted by Gasteiger charge is 2.19. The number of halogens is 1. The second kappa shape index (κ2) is 8.81. The Morgan fingerprint density at radius 2 is 2.07 bits per heavy atom. The molecule has 3 aromatic rings. The lowest BCUT2D eigenvalue weighted by atomic mass is 9.96. The van der Waals surface area contributed by atoms with E-state index in [0.29, 0.717) is 11.7 Å². The van der Waals surface area contributed by atoms with E-state index in [2.05, 4.69) is 20.8 Å². The molecule has 0 spiro atoms. The zero-order chi connectivity index (χ0) is 19.2. The van der Waals surface area contributed by atoms with Crippen molar-refractivity contribution in [2.45, 2.75) is 31.6 Å². The van der Waals surface area contributed by atoms with Gasteiger partial charge in [-0.3, -0.25) is 4.79 Å². The van der Waals surface area contributed by atoms with E-state index in [1.165, 1.54) is 23.9 Å². The number of benzene rings is 1. The molecular weight excluding hydrogens is 369 g/mol. The lowest BCUT2D eigenvalue weighted by molar-refractivity contribution is -0.119. The number of amides is 1. The maximum atomic E-state index is 13.1. The van der Waals surface area contributed by atoms with E-state index >= 15 is 0 Å². The summed E-state index contributed by atoms with van der Waals surface area (Å²) in [6.45, 7) is 4.41. The van der Waals surface area contributed by atoms with E-state index in [1.54, 1.807) is 29.1 Å². The summed E-state index contributed by atoms with van der Waals surface area (Å²) in [4.78, 5) is 12.4. The minimum absolute atomic E-state index is 0.143. The fourth-order valence-corrected chi connectivity index (χ4v) is 3.29. The largest absolute Gasteiger partial charge is 0.467 e. The predicted molar refractivity (Wildman–Crippen MR) is 98.5 cm³/mol. The molecule has 2 heterocycles. The van der Waals surface area contributed by atoms with Crippen LogP contribution in [0, 0.1) is 11.7 Å². The summed E-state index contributed by atoms with van der Waals surface area (Å²) in [6, 6.07) is 9.61. The van der Waals surface area contributed by atoms with Crippen molar-refractivity contribution in [2.75, 3.05) is 5.75 Å². The van der Waals surface area contributed by atoms with Gasteiger partial charge in [0.15, 0.2) is 0 Å². The Morgan fingerprint density at radius 1 is 1.30 bits per heavy atom. The van der Waals surface area contributed by atoms with E-state index in [1.807, 2.05) is 19.9 Å². The number of nitrogens with zero attached hydrogens (tertiary/aromatic N) is 4. The first-order valence-electron chi connectivity index (χ1n) is 8.49. The first-order chi connectivity index (χ1) is 13.0. The maximum absolute atomic E-state index is 13.1. The van der Waals surface area contributed by atoms with Crippen LogP contribution in [-0.4, -0.2) is 31.9 Å². The normalized spacial score (nSPS) is 12.3. The summed E-state index contributed by atoms with van der Waals surface area (Å²) < 4.78 is 20.0. The van der Waals surface area contributed by atoms with Gasteiger partial charge in [0.05, 0.1) is 18.1 Å². The van der Waals surface area contributed by atoms with Gasteiger partial charge in [-0.15, -0.1) is 5.10 Å². The number of carbonyl (C=O) groups excluding carboxylic acids is 1. The molecule has 0 aliphatic rings. The van der Waals surface area contributed by atoms with Crippen LogP contribution in [0.2, 0.25) is 0 Å². The van der Waals surface area contributed by atoms with Crippen LogP contribution in [-0.2, 0) is 11.3 Å². The van der Waals surface area contributed by atoms with Crippen molar-refractivity contribution in [3.05, 3.63) is 59.8 Å². The van der Waals surface area contributed by atoms with Crippen LogP contribution in [0.4, 0.5) is 4.39 Å².